The minimum absolute atomic E-state index is 0.0144. The number of hydrogen-bond donors (Lipinski definition) is 2. The number of carbonyl (C=O) groups is 1. The molecule has 1 fully saturated rings. The van der Waals surface area contributed by atoms with Crippen molar-refractivity contribution in [1.82, 2.24) is 4.90 Å². The van der Waals surface area contributed by atoms with Crippen LogP contribution < -0.4 is 0 Å². The van der Waals surface area contributed by atoms with Gasteiger partial charge in [-0.05, 0) is 50.1 Å². The first-order valence-corrected chi connectivity index (χ1v) is 7.22. The third kappa shape index (κ3) is 3.28. The van der Waals surface area contributed by atoms with Crippen LogP contribution in [0, 0.1) is 5.92 Å². The quantitative estimate of drug-likeness (QED) is 0.896. The van der Waals surface area contributed by atoms with Crippen LogP contribution in [0.1, 0.15) is 25.3 Å². The second-order valence-electron chi connectivity index (χ2n) is 5.07. The van der Waals surface area contributed by atoms with Crippen LogP contribution in [0.2, 0.25) is 0 Å². The fraction of sp³-hybridized carbons (Fsp3) is 0.500. The van der Waals surface area contributed by atoms with Gasteiger partial charge in [0, 0.05) is 17.1 Å². The summed E-state index contributed by atoms with van der Waals surface area (Å²) in [5.74, 6) is -0.783. The van der Waals surface area contributed by atoms with Crippen molar-refractivity contribution in [2.45, 2.75) is 32.4 Å². The highest BCUT2D eigenvalue weighted by atomic mass is 79.9. The fourth-order valence-corrected chi connectivity index (χ4v) is 3.04. The fourth-order valence-electron chi connectivity index (χ4n) is 2.67. The van der Waals surface area contributed by atoms with E-state index in [2.05, 4.69) is 20.8 Å². The lowest BCUT2D eigenvalue weighted by molar-refractivity contribution is -0.145. The first-order valence-electron chi connectivity index (χ1n) is 6.43. The summed E-state index contributed by atoms with van der Waals surface area (Å²) in [6, 6.07) is 5.18. The molecule has 1 saturated heterocycles. The van der Waals surface area contributed by atoms with E-state index in [1.165, 1.54) is 0 Å². The molecule has 0 bridgehead atoms. The van der Waals surface area contributed by atoms with Gasteiger partial charge in [-0.1, -0.05) is 15.9 Å². The topological polar surface area (TPSA) is 60.8 Å². The molecule has 0 aliphatic carbocycles. The number of nitrogens with zero attached hydrogens (tertiary/aromatic N) is 1. The zero-order valence-electron chi connectivity index (χ0n) is 10.8. The van der Waals surface area contributed by atoms with Crippen molar-refractivity contribution in [3.63, 3.8) is 0 Å². The smallest absolute Gasteiger partial charge is 0.308 e. The summed E-state index contributed by atoms with van der Waals surface area (Å²) in [5.41, 5.74) is 0.984. The molecule has 1 aromatic carbocycles. The highest BCUT2D eigenvalue weighted by molar-refractivity contribution is 9.10. The molecule has 104 valence electrons. The van der Waals surface area contributed by atoms with Crippen LogP contribution in [-0.4, -0.2) is 33.7 Å². The molecular formula is C14H18BrNO3. The van der Waals surface area contributed by atoms with Crippen LogP contribution in [0.25, 0.3) is 0 Å². The lowest BCUT2D eigenvalue weighted by Gasteiger charge is -2.37. The van der Waals surface area contributed by atoms with Gasteiger partial charge in [0.1, 0.15) is 5.75 Å². The maximum absolute atomic E-state index is 11.2. The number of rotatable bonds is 3. The van der Waals surface area contributed by atoms with Gasteiger partial charge in [0.25, 0.3) is 0 Å². The van der Waals surface area contributed by atoms with Crippen LogP contribution in [0.3, 0.4) is 0 Å². The molecular weight excluding hydrogens is 310 g/mol. The number of likely N-dealkylation sites (tertiary alicyclic amines) is 1. The number of carboxylic acids is 1. The Bertz CT molecular complexity index is 478. The summed E-state index contributed by atoms with van der Waals surface area (Å²) in [5, 5.41) is 18.8. The summed E-state index contributed by atoms with van der Waals surface area (Å²) in [4.78, 5) is 13.4. The minimum atomic E-state index is -0.716. The highest BCUT2D eigenvalue weighted by Gasteiger charge is 2.32. The van der Waals surface area contributed by atoms with Crippen molar-refractivity contribution in [3.05, 3.63) is 28.2 Å². The summed E-state index contributed by atoms with van der Waals surface area (Å²) >= 11 is 3.47. The Morgan fingerprint density at radius 3 is 2.95 bits per heavy atom. The summed E-state index contributed by atoms with van der Waals surface area (Å²) in [6.07, 6.45) is 1.64. The average molecular weight is 328 g/mol. The number of carboxylic acid groups (broad SMARTS) is 1. The molecule has 1 aliphatic heterocycles. The Morgan fingerprint density at radius 1 is 1.53 bits per heavy atom. The van der Waals surface area contributed by atoms with E-state index in [1.54, 1.807) is 12.1 Å². The summed E-state index contributed by atoms with van der Waals surface area (Å²) in [7, 11) is 0. The van der Waals surface area contributed by atoms with Gasteiger partial charge in [0.15, 0.2) is 0 Å². The van der Waals surface area contributed by atoms with E-state index in [9.17, 15) is 15.0 Å². The number of benzene rings is 1. The van der Waals surface area contributed by atoms with Crippen molar-refractivity contribution in [2.24, 2.45) is 5.92 Å². The average Bonchev–Trinajstić information content (AvgIpc) is 2.36. The van der Waals surface area contributed by atoms with Gasteiger partial charge in [0.2, 0.25) is 0 Å². The molecule has 1 heterocycles. The molecule has 0 radical (unpaired) electrons. The van der Waals surface area contributed by atoms with Crippen molar-refractivity contribution >= 4 is 21.9 Å². The number of aromatic hydroxyl groups is 1. The van der Waals surface area contributed by atoms with Gasteiger partial charge < -0.3 is 10.2 Å². The number of halogens is 1. The number of phenols is 1. The predicted octanol–water partition coefficient (Wildman–Crippen LogP) is 2.84. The number of hydrogen-bond acceptors (Lipinski definition) is 3. The zero-order chi connectivity index (χ0) is 14.0. The molecule has 0 spiro atoms. The van der Waals surface area contributed by atoms with Gasteiger partial charge in [-0.15, -0.1) is 0 Å². The van der Waals surface area contributed by atoms with Gasteiger partial charge >= 0.3 is 5.97 Å². The van der Waals surface area contributed by atoms with E-state index in [0.717, 1.165) is 29.4 Å². The van der Waals surface area contributed by atoms with Crippen molar-refractivity contribution in [1.29, 1.82) is 0 Å². The van der Waals surface area contributed by atoms with E-state index in [1.807, 2.05) is 13.0 Å². The molecule has 0 saturated carbocycles. The van der Waals surface area contributed by atoms with Crippen LogP contribution in [0.4, 0.5) is 0 Å². The predicted molar refractivity (Wildman–Crippen MR) is 76.0 cm³/mol. The van der Waals surface area contributed by atoms with Gasteiger partial charge in [-0.2, -0.15) is 0 Å². The van der Waals surface area contributed by atoms with E-state index >= 15 is 0 Å². The molecule has 0 aromatic heterocycles. The first-order chi connectivity index (χ1) is 8.99. The first kappa shape index (κ1) is 14.3. The third-order valence-electron chi connectivity index (χ3n) is 3.84. The molecule has 1 aromatic rings. The van der Waals surface area contributed by atoms with Gasteiger partial charge in [-0.3, -0.25) is 9.69 Å². The number of phenolic OH excluding ortho intramolecular Hbond substituents is 1. The zero-order valence-corrected chi connectivity index (χ0v) is 12.4. The van der Waals surface area contributed by atoms with Gasteiger partial charge in [0.05, 0.1) is 5.92 Å². The molecule has 1 aliphatic rings. The monoisotopic (exact) mass is 327 g/mol. The summed E-state index contributed by atoms with van der Waals surface area (Å²) < 4.78 is 0.940. The lowest BCUT2D eigenvalue weighted by atomic mass is 9.90. The molecule has 19 heavy (non-hydrogen) atoms. The number of aliphatic carboxylic acids is 1. The maximum Gasteiger partial charge on any atom is 0.308 e. The maximum atomic E-state index is 11.2. The van der Waals surface area contributed by atoms with E-state index < -0.39 is 5.97 Å². The molecule has 0 unspecified atom stereocenters. The van der Waals surface area contributed by atoms with E-state index in [-0.39, 0.29) is 17.7 Å². The Balaban J connectivity index is 2.13. The normalized spacial score (nSPS) is 24.3. The second kappa shape index (κ2) is 5.92. The van der Waals surface area contributed by atoms with Crippen molar-refractivity contribution < 1.29 is 15.0 Å². The molecule has 5 heteroatoms. The standard InChI is InChI=1S/C14H18BrNO3/c1-9-12(14(18)19)3-2-6-16(9)8-10-7-11(17)4-5-13(10)15/h4-5,7,9,12,17H,2-3,6,8H2,1H3,(H,18,19)/t9-,12-/m1/s1. The van der Waals surface area contributed by atoms with E-state index in [0.29, 0.717) is 6.54 Å². The molecule has 2 N–H and O–H groups in total. The van der Waals surface area contributed by atoms with E-state index in [4.69, 9.17) is 0 Å². The Morgan fingerprint density at radius 2 is 2.26 bits per heavy atom. The molecule has 0 amide bonds. The van der Waals surface area contributed by atoms with Gasteiger partial charge in [-0.25, -0.2) is 0 Å². The van der Waals surface area contributed by atoms with Crippen LogP contribution >= 0.6 is 15.9 Å². The largest absolute Gasteiger partial charge is 0.508 e. The van der Waals surface area contributed by atoms with Crippen LogP contribution in [0.15, 0.2) is 22.7 Å². The summed E-state index contributed by atoms with van der Waals surface area (Å²) in [6.45, 7) is 3.52. The molecule has 2 rings (SSSR count). The highest BCUT2D eigenvalue weighted by Crippen LogP contribution is 2.28. The molecule has 2 atom stereocenters. The lowest BCUT2D eigenvalue weighted by Crippen LogP contribution is -2.45. The Kier molecular flexibility index (Phi) is 4.47. The van der Waals surface area contributed by atoms with Crippen molar-refractivity contribution in [3.8, 4) is 5.75 Å². The molecule has 4 nitrogen and oxygen atoms in total. The third-order valence-corrected chi connectivity index (χ3v) is 4.61. The van der Waals surface area contributed by atoms with Crippen molar-refractivity contribution in [2.75, 3.05) is 6.54 Å². The second-order valence-corrected chi connectivity index (χ2v) is 5.93. The Labute approximate surface area is 121 Å². The number of piperidine rings is 1. The Hall–Kier alpha value is -1.07. The SMILES string of the molecule is C[C@@H]1[C@H](C(=O)O)CCCN1Cc1cc(O)ccc1Br. The van der Waals surface area contributed by atoms with Crippen LogP contribution in [0.5, 0.6) is 5.75 Å². The van der Waals surface area contributed by atoms with Crippen LogP contribution in [-0.2, 0) is 11.3 Å². The minimum Gasteiger partial charge on any atom is -0.508 e.